The van der Waals surface area contributed by atoms with E-state index in [1.54, 1.807) is 7.11 Å². The van der Waals surface area contributed by atoms with Crippen molar-refractivity contribution in [1.29, 1.82) is 0 Å². The number of methoxy groups -OCH3 is 1. The van der Waals surface area contributed by atoms with Crippen molar-refractivity contribution < 1.29 is 9.53 Å². The van der Waals surface area contributed by atoms with Gasteiger partial charge in [-0.05, 0) is 43.0 Å². The predicted octanol–water partition coefficient (Wildman–Crippen LogP) is 1.91. The fourth-order valence-electron chi connectivity index (χ4n) is 2.53. The lowest BCUT2D eigenvalue weighted by Crippen LogP contribution is -2.33. The predicted molar refractivity (Wildman–Crippen MR) is 80.0 cm³/mol. The van der Waals surface area contributed by atoms with Crippen LogP contribution in [0.25, 0.3) is 0 Å². The van der Waals surface area contributed by atoms with Gasteiger partial charge in [-0.25, -0.2) is 0 Å². The molecule has 1 aromatic carbocycles. The third kappa shape index (κ3) is 3.97. The summed E-state index contributed by atoms with van der Waals surface area (Å²) in [5.41, 5.74) is 1.28. The van der Waals surface area contributed by atoms with Crippen molar-refractivity contribution in [3.63, 3.8) is 0 Å². The number of ether oxygens (including phenoxy) is 1. The van der Waals surface area contributed by atoms with Crippen LogP contribution in [0.3, 0.4) is 0 Å². The summed E-state index contributed by atoms with van der Waals surface area (Å²) in [5.74, 6) is 1.66. The summed E-state index contributed by atoms with van der Waals surface area (Å²) >= 11 is 0. The van der Waals surface area contributed by atoms with Crippen LogP contribution in [0.15, 0.2) is 24.3 Å². The van der Waals surface area contributed by atoms with Gasteiger partial charge in [0, 0.05) is 13.1 Å². The van der Waals surface area contributed by atoms with Crippen LogP contribution < -0.4 is 15.4 Å². The van der Waals surface area contributed by atoms with Crippen LogP contribution in [0.4, 0.5) is 0 Å². The van der Waals surface area contributed by atoms with Crippen molar-refractivity contribution >= 4 is 5.91 Å². The molecule has 0 spiro atoms. The van der Waals surface area contributed by atoms with Gasteiger partial charge in [0.15, 0.2) is 0 Å². The molecule has 4 nitrogen and oxygen atoms in total. The van der Waals surface area contributed by atoms with E-state index in [1.165, 1.54) is 5.56 Å². The minimum Gasteiger partial charge on any atom is -0.497 e. The van der Waals surface area contributed by atoms with E-state index in [9.17, 15) is 4.79 Å². The van der Waals surface area contributed by atoms with Gasteiger partial charge in [0.05, 0.1) is 13.0 Å². The summed E-state index contributed by atoms with van der Waals surface area (Å²) in [6, 6.07) is 8.14. The van der Waals surface area contributed by atoms with Crippen LogP contribution in [-0.2, 0) is 4.79 Å². The van der Waals surface area contributed by atoms with Crippen molar-refractivity contribution in [2.75, 3.05) is 26.7 Å². The maximum Gasteiger partial charge on any atom is 0.224 e. The Balaban J connectivity index is 1.73. The van der Waals surface area contributed by atoms with Crippen LogP contribution in [0.2, 0.25) is 0 Å². The molecule has 1 aromatic rings. The van der Waals surface area contributed by atoms with E-state index >= 15 is 0 Å². The van der Waals surface area contributed by atoms with Crippen LogP contribution in [0.1, 0.15) is 31.2 Å². The number of hydrogen-bond donors (Lipinski definition) is 2. The quantitative estimate of drug-likeness (QED) is 0.834. The molecule has 2 atom stereocenters. The Bertz CT molecular complexity index is 425. The molecule has 2 rings (SSSR count). The zero-order valence-electron chi connectivity index (χ0n) is 12.3. The van der Waals surface area contributed by atoms with Crippen LogP contribution >= 0.6 is 0 Å². The zero-order valence-corrected chi connectivity index (χ0v) is 12.3. The molecule has 1 aliphatic heterocycles. The first kappa shape index (κ1) is 14.9. The number of rotatable bonds is 6. The molecule has 0 aromatic heterocycles. The Hall–Kier alpha value is -1.55. The number of amides is 1. The highest BCUT2D eigenvalue weighted by molar-refractivity contribution is 5.79. The molecule has 4 heteroatoms. The Kier molecular flexibility index (Phi) is 5.41. The highest BCUT2D eigenvalue weighted by Gasteiger charge is 2.21. The van der Waals surface area contributed by atoms with Gasteiger partial charge in [0.1, 0.15) is 5.75 Å². The van der Waals surface area contributed by atoms with Crippen molar-refractivity contribution in [3.05, 3.63) is 29.8 Å². The number of carbonyl (C=O) groups is 1. The van der Waals surface area contributed by atoms with E-state index < -0.39 is 0 Å². The first-order valence-corrected chi connectivity index (χ1v) is 7.33. The summed E-state index contributed by atoms with van der Waals surface area (Å²) in [5, 5.41) is 6.26. The van der Waals surface area contributed by atoms with Gasteiger partial charge in [-0.3, -0.25) is 4.79 Å². The molecule has 1 fully saturated rings. The maximum atomic E-state index is 11.9. The fourth-order valence-corrected chi connectivity index (χ4v) is 2.53. The summed E-state index contributed by atoms with van der Waals surface area (Å²) < 4.78 is 5.16. The fraction of sp³-hybridized carbons (Fsp3) is 0.562. The molecule has 1 aliphatic rings. The Morgan fingerprint density at radius 2 is 2.20 bits per heavy atom. The lowest BCUT2D eigenvalue weighted by atomic mass is 9.97. The van der Waals surface area contributed by atoms with Crippen LogP contribution in [0.5, 0.6) is 5.75 Å². The maximum absolute atomic E-state index is 11.9. The standard InChI is InChI=1S/C16H24N2O2/c1-12(13-3-5-15(20-2)6-4-13)7-10-18-16(19)14-8-9-17-11-14/h3-6,12,14,17H,7-11H2,1-2H3,(H,18,19). The second-order valence-corrected chi connectivity index (χ2v) is 5.44. The molecule has 0 saturated carbocycles. The van der Waals surface area contributed by atoms with Gasteiger partial charge in [-0.1, -0.05) is 19.1 Å². The summed E-state index contributed by atoms with van der Waals surface area (Å²) in [4.78, 5) is 11.9. The van der Waals surface area contributed by atoms with Crippen molar-refractivity contribution in [2.45, 2.75) is 25.7 Å². The second-order valence-electron chi connectivity index (χ2n) is 5.44. The molecule has 1 saturated heterocycles. The normalized spacial score (nSPS) is 19.6. The SMILES string of the molecule is COc1ccc(C(C)CCNC(=O)C2CCNC2)cc1. The van der Waals surface area contributed by atoms with E-state index in [0.717, 1.165) is 38.2 Å². The smallest absolute Gasteiger partial charge is 0.224 e. The second kappa shape index (κ2) is 7.29. The monoisotopic (exact) mass is 276 g/mol. The van der Waals surface area contributed by atoms with E-state index in [-0.39, 0.29) is 11.8 Å². The Morgan fingerprint density at radius 1 is 1.45 bits per heavy atom. The third-order valence-corrected chi connectivity index (χ3v) is 3.99. The van der Waals surface area contributed by atoms with Crippen molar-refractivity contribution in [3.8, 4) is 5.75 Å². The summed E-state index contributed by atoms with van der Waals surface area (Å²) in [6.45, 7) is 4.70. The highest BCUT2D eigenvalue weighted by Crippen LogP contribution is 2.21. The minimum absolute atomic E-state index is 0.159. The molecule has 110 valence electrons. The number of nitrogens with one attached hydrogen (secondary N) is 2. The lowest BCUT2D eigenvalue weighted by Gasteiger charge is -2.14. The molecular weight excluding hydrogens is 252 g/mol. The van der Waals surface area contributed by atoms with Crippen LogP contribution in [-0.4, -0.2) is 32.7 Å². The summed E-state index contributed by atoms with van der Waals surface area (Å²) in [6.07, 6.45) is 1.91. The molecule has 1 heterocycles. The molecule has 0 bridgehead atoms. The van der Waals surface area contributed by atoms with E-state index in [4.69, 9.17) is 4.74 Å². The average Bonchev–Trinajstić information content (AvgIpc) is 3.01. The largest absolute Gasteiger partial charge is 0.497 e. The van der Waals surface area contributed by atoms with E-state index in [2.05, 4.69) is 29.7 Å². The van der Waals surface area contributed by atoms with E-state index in [0.29, 0.717) is 5.92 Å². The Labute approximate surface area is 120 Å². The molecule has 1 amide bonds. The molecule has 20 heavy (non-hydrogen) atoms. The molecule has 2 N–H and O–H groups in total. The zero-order chi connectivity index (χ0) is 14.4. The molecule has 2 unspecified atom stereocenters. The van der Waals surface area contributed by atoms with E-state index in [1.807, 2.05) is 12.1 Å². The number of carbonyl (C=O) groups excluding carboxylic acids is 1. The lowest BCUT2D eigenvalue weighted by molar-refractivity contribution is -0.124. The first-order valence-electron chi connectivity index (χ1n) is 7.33. The molecule has 0 aliphatic carbocycles. The number of benzene rings is 1. The topological polar surface area (TPSA) is 50.4 Å². The van der Waals surface area contributed by atoms with Gasteiger partial charge in [0.25, 0.3) is 0 Å². The Morgan fingerprint density at radius 3 is 2.80 bits per heavy atom. The van der Waals surface area contributed by atoms with Gasteiger partial charge >= 0.3 is 0 Å². The minimum atomic E-state index is 0.159. The van der Waals surface area contributed by atoms with Crippen LogP contribution in [0, 0.1) is 5.92 Å². The summed E-state index contributed by atoms with van der Waals surface area (Å²) in [7, 11) is 1.67. The molecular formula is C16H24N2O2. The van der Waals surface area contributed by atoms with Gasteiger partial charge in [0.2, 0.25) is 5.91 Å². The number of hydrogen-bond acceptors (Lipinski definition) is 3. The van der Waals surface area contributed by atoms with Gasteiger partial charge < -0.3 is 15.4 Å². The average molecular weight is 276 g/mol. The van der Waals surface area contributed by atoms with Gasteiger partial charge in [-0.2, -0.15) is 0 Å². The first-order chi connectivity index (χ1) is 9.70. The van der Waals surface area contributed by atoms with Gasteiger partial charge in [-0.15, -0.1) is 0 Å². The van der Waals surface area contributed by atoms with Crippen molar-refractivity contribution in [1.82, 2.24) is 10.6 Å². The third-order valence-electron chi connectivity index (χ3n) is 3.99. The molecule has 0 radical (unpaired) electrons. The van der Waals surface area contributed by atoms with Crippen molar-refractivity contribution in [2.24, 2.45) is 5.92 Å². The highest BCUT2D eigenvalue weighted by atomic mass is 16.5.